The molecule has 0 aromatic heterocycles. The number of rotatable bonds is 5. The first-order valence-corrected chi connectivity index (χ1v) is 11.5. The van der Waals surface area contributed by atoms with Gasteiger partial charge in [0.1, 0.15) is 11.9 Å². The lowest BCUT2D eigenvalue weighted by molar-refractivity contribution is -0.141. The number of halogens is 5. The third-order valence-corrected chi connectivity index (χ3v) is 7.55. The number of carbonyl (C=O) groups excluding carboxylic acids is 1. The Labute approximate surface area is 190 Å². The zero-order chi connectivity index (χ0) is 23.0. The van der Waals surface area contributed by atoms with Crippen molar-refractivity contribution in [1.29, 1.82) is 0 Å². The summed E-state index contributed by atoms with van der Waals surface area (Å²) in [4.78, 5) is 11.0. The van der Waals surface area contributed by atoms with Crippen LogP contribution in [0.4, 0.5) is 18.9 Å². The predicted molar refractivity (Wildman–Crippen MR) is 111 cm³/mol. The Morgan fingerprint density at radius 3 is 2.68 bits per heavy atom. The van der Waals surface area contributed by atoms with Crippen molar-refractivity contribution in [2.45, 2.75) is 30.0 Å². The fourth-order valence-corrected chi connectivity index (χ4v) is 5.06. The van der Waals surface area contributed by atoms with Gasteiger partial charge in [0.25, 0.3) is 10.0 Å². The summed E-state index contributed by atoms with van der Waals surface area (Å²) in [7, 11) is -3.17. The highest BCUT2D eigenvalue weighted by Gasteiger charge is 2.37. The van der Waals surface area contributed by atoms with Gasteiger partial charge in [0.15, 0.2) is 0 Å². The van der Waals surface area contributed by atoms with Crippen LogP contribution in [0.25, 0.3) is 0 Å². The molecule has 0 saturated heterocycles. The number of benzene rings is 2. The van der Waals surface area contributed by atoms with Crippen LogP contribution in [-0.2, 0) is 25.7 Å². The first-order valence-electron chi connectivity index (χ1n) is 8.86. The maximum absolute atomic E-state index is 13.3. The molecule has 1 aliphatic heterocycles. The molecule has 2 aromatic carbocycles. The van der Waals surface area contributed by atoms with E-state index in [1.807, 2.05) is 0 Å². The fourth-order valence-electron chi connectivity index (χ4n) is 3.03. The Balaban J connectivity index is 2.05. The molecule has 0 amide bonds. The molecule has 1 heterocycles. The first-order chi connectivity index (χ1) is 14.4. The number of alkyl halides is 3. The predicted octanol–water partition coefficient (Wildman–Crippen LogP) is 5.03. The topological polar surface area (TPSA) is 72.9 Å². The minimum atomic E-state index is -4.70. The van der Waals surface area contributed by atoms with Gasteiger partial charge in [-0.25, -0.2) is 8.42 Å². The van der Waals surface area contributed by atoms with Gasteiger partial charge in [0.05, 0.1) is 34.8 Å². The van der Waals surface area contributed by atoms with Gasteiger partial charge in [-0.2, -0.15) is 13.2 Å². The average Bonchev–Trinajstić information content (AvgIpc) is 2.71. The van der Waals surface area contributed by atoms with Crippen LogP contribution >= 0.6 is 27.5 Å². The van der Waals surface area contributed by atoms with E-state index >= 15 is 0 Å². The second-order valence-corrected chi connectivity index (χ2v) is 9.77. The van der Waals surface area contributed by atoms with E-state index in [9.17, 15) is 26.4 Å². The molecule has 0 fully saturated rings. The number of hydrogen-bond acceptors (Lipinski definition) is 5. The Bertz CT molecular complexity index is 1110. The van der Waals surface area contributed by atoms with E-state index in [1.54, 1.807) is 0 Å². The maximum atomic E-state index is 13.3. The molecule has 0 aliphatic carbocycles. The molecule has 3 rings (SSSR count). The average molecular weight is 543 g/mol. The summed E-state index contributed by atoms with van der Waals surface area (Å²) in [5.74, 6) is -0.375. The monoisotopic (exact) mass is 541 g/mol. The molecule has 0 spiro atoms. The summed E-state index contributed by atoms with van der Waals surface area (Å²) in [6, 6.07) is 6.32. The van der Waals surface area contributed by atoms with Crippen molar-refractivity contribution in [2.24, 2.45) is 0 Å². The van der Waals surface area contributed by atoms with Gasteiger partial charge in [-0.15, -0.1) is 0 Å². The summed E-state index contributed by atoms with van der Waals surface area (Å²) in [5.41, 5.74) is -0.968. The molecule has 168 valence electrons. The lowest BCUT2D eigenvalue weighted by Crippen LogP contribution is -2.43. The number of nitrogens with zero attached hydrogens (tertiary/aromatic N) is 1. The maximum Gasteiger partial charge on any atom is 0.416 e. The molecule has 1 atom stereocenters. The van der Waals surface area contributed by atoms with Gasteiger partial charge < -0.3 is 9.47 Å². The largest absolute Gasteiger partial charge is 0.486 e. The van der Waals surface area contributed by atoms with Gasteiger partial charge >= 0.3 is 12.1 Å². The molecule has 1 aliphatic rings. The second kappa shape index (κ2) is 8.87. The third-order valence-electron chi connectivity index (χ3n) is 4.58. The van der Waals surface area contributed by atoms with Crippen LogP contribution in [0.5, 0.6) is 5.75 Å². The van der Waals surface area contributed by atoms with Crippen molar-refractivity contribution in [2.75, 3.05) is 18.0 Å². The highest BCUT2D eigenvalue weighted by molar-refractivity contribution is 9.10. The lowest BCUT2D eigenvalue weighted by atomic mass is 10.1. The smallest absolute Gasteiger partial charge is 0.416 e. The molecule has 0 N–H and O–H groups in total. The molecule has 2 aromatic rings. The normalized spacial score (nSPS) is 16.5. The number of esters is 1. The molecular formula is C19H16BrClF3NO5S. The number of methoxy groups -OCH3 is 1. The molecule has 31 heavy (non-hydrogen) atoms. The van der Waals surface area contributed by atoms with E-state index in [1.165, 1.54) is 19.2 Å². The number of hydrogen-bond donors (Lipinski definition) is 0. The quantitative estimate of drug-likeness (QED) is 0.496. The van der Waals surface area contributed by atoms with Crippen molar-refractivity contribution < 1.29 is 35.9 Å². The third kappa shape index (κ3) is 5.09. The van der Waals surface area contributed by atoms with Crippen LogP contribution in [0.2, 0.25) is 5.02 Å². The number of sulfonamides is 1. The van der Waals surface area contributed by atoms with Gasteiger partial charge in [-0.05, 0) is 46.6 Å². The van der Waals surface area contributed by atoms with E-state index in [0.29, 0.717) is 10.5 Å². The zero-order valence-electron chi connectivity index (χ0n) is 15.9. The lowest BCUT2D eigenvalue weighted by Gasteiger charge is -2.35. The number of ether oxygens (including phenoxy) is 2. The van der Waals surface area contributed by atoms with Gasteiger partial charge in [0, 0.05) is 17.0 Å². The van der Waals surface area contributed by atoms with Crippen molar-refractivity contribution in [3.8, 4) is 5.75 Å². The molecule has 0 saturated carbocycles. The zero-order valence-corrected chi connectivity index (χ0v) is 19.1. The highest BCUT2D eigenvalue weighted by atomic mass is 79.9. The van der Waals surface area contributed by atoms with Gasteiger partial charge in [-0.1, -0.05) is 17.7 Å². The summed E-state index contributed by atoms with van der Waals surface area (Å²) in [6.07, 6.45) is -5.34. The van der Waals surface area contributed by atoms with E-state index in [0.717, 1.165) is 22.5 Å². The molecule has 1 unspecified atom stereocenters. The molecule has 6 nitrogen and oxygen atoms in total. The minimum absolute atomic E-state index is 0.0296. The summed E-state index contributed by atoms with van der Waals surface area (Å²) in [6.45, 7) is -0.212. The Morgan fingerprint density at radius 1 is 1.32 bits per heavy atom. The summed E-state index contributed by atoms with van der Waals surface area (Å²) < 4.78 is 77.7. The number of anilines is 1. The Morgan fingerprint density at radius 2 is 2.03 bits per heavy atom. The molecular weight excluding hydrogens is 527 g/mol. The van der Waals surface area contributed by atoms with Crippen molar-refractivity contribution in [3.63, 3.8) is 0 Å². The van der Waals surface area contributed by atoms with Crippen LogP contribution < -0.4 is 9.04 Å². The first kappa shape index (κ1) is 23.7. The van der Waals surface area contributed by atoms with E-state index < -0.39 is 38.7 Å². The Kier molecular flexibility index (Phi) is 6.78. The van der Waals surface area contributed by atoms with E-state index in [4.69, 9.17) is 16.3 Å². The highest BCUT2D eigenvalue weighted by Crippen LogP contribution is 2.43. The number of carbonyl (C=O) groups is 1. The Hall–Kier alpha value is -1.98. The molecule has 0 radical (unpaired) electrons. The second-order valence-electron chi connectivity index (χ2n) is 6.65. The van der Waals surface area contributed by atoms with Gasteiger partial charge in [0.2, 0.25) is 0 Å². The van der Waals surface area contributed by atoms with Crippen molar-refractivity contribution >= 4 is 49.2 Å². The van der Waals surface area contributed by atoms with Gasteiger partial charge in [-0.3, -0.25) is 9.10 Å². The number of fused-ring (bicyclic) bond motifs is 1. The van der Waals surface area contributed by atoms with E-state index in [2.05, 4.69) is 20.7 Å². The van der Waals surface area contributed by atoms with Crippen LogP contribution in [0.15, 0.2) is 45.8 Å². The van der Waals surface area contributed by atoms with Crippen molar-refractivity contribution in [3.05, 3.63) is 51.5 Å². The van der Waals surface area contributed by atoms with Crippen molar-refractivity contribution in [1.82, 2.24) is 0 Å². The van der Waals surface area contributed by atoms with E-state index in [-0.39, 0.29) is 35.8 Å². The summed E-state index contributed by atoms with van der Waals surface area (Å²) >= 11 is 9.32. The SMILES string of the molecule is COC(=O)CCC1CN(S(=O)(=O)c2cccc(C(F)(F)F)c2)c2cc(Br)c(Cl)cc2O1. The fraction of sp³-hybridized carbons (Fsp3) is 0.316. The van der Waals surface area contributed by atoms with Crippen LogP contribution in [-0.4, -0.2) is 34.1 Å². The standard InChI is InChI=1S/C19H16BrClF3NO5S/c1-29-18(26)6-5-12-10-25(16-8-14(20)15(21)9-17(16)30-12)31(27,28)13-4-2-3-11(7-13)19(22,23)24/h2-4,7-9,12H,5-6,10H2,1H3. The van der Waals surface area contributed by atoms with Crippen LogP contribution in [0.3, 0.4) is 0 Å². The van der Waals surface area contributed by atoms with Crippen LogP contribution in [0, 0.1) is 0 Å². The molecule has 0 bridgehead atoms. The van der Waals surface area contributed by atoms with Crippen LogP contribution in [0.1, 0.15) is 18.4 Å². The minimum Gasteiger partial charge on any atom is -0.486 e. The molecule has 12 heteroatoms. The summed E-state index contributed by atoms with van der Waals surface area (Å²) in [5, 5.41) is 0.254.